The number of carbonyl (C=O) groups excluding carboxylic acids is 2. The van der Waals surface area contributed by atoms with Crippen LogP contribution in [0.25, 0.3) is 0 Å². The first-order valence-corrected chi connectivity index (χ1v) is 9.81. The van der Waals surface area contributed by atoms with Gasteiger partial charge in [-0.15, -0.1) is 11.3 Å². The zero-order chi connectivity index (χ0) is 19.8. The molecule has 3 amide bonds. The van der Waals surface area contributed by atoms with Gasteiger partial charge >= 0.3 is 6.03 Å². The topological polar surface area (TPSA) is 92.2 Å². The van der Waals surface area contributed by atoms with Crippen LogP contribution in [0.3, 0.4) is 0 Å². The molecule has 0 radical (unpaired) electrons. The van der Waals surface area contributed by atoms with E-state index < -0.39 is 0 Å². The molecule has 2 aromatic rings. The first kappa shape index (κ1) is 19.3. The average Bonchev–Trinajstić information content (AvgIpc) is 3.23. The Kier molecular flexibility index (Phi) is 5.23. The number of aromatic nitrogens is 3. The van der Waals surface area contributed by atoms with Crippen molar-refractivity contribution in [1.82, 2.24) is 25.0 Å². The molecule has 1 saturated heterocycles. The number of nitrogens with one attached hydrogen (secondary N) is 2. The molecule has 9 heteroatoms. The monoisotopic (exact) mass is 390 g/mol. The van der Waals surface area contributed by atoms with Gasteiger partial charge in [-0.3, -0.25) is 14.8 Å². The summed E-state index contributed by atoms with van der Waals surface area (Å²) in [5, 5.41) is 12.3. The second-order valence-electron chi connectivity index (χ2n) is 7.92. The summed E-state index contributed by atoms with van der Waals surface area (Å²) in [5.74, 6) is 0.0730. The Bertz CT molecular complexity index is 837. The van der Waals surface area contributed by atoms with Gasteiger partial charge in [-0.25, -0.2) is 9.78 Å². The molecule has 146 valence electrons. The fourth-order valence-electron chi connectivity index (χ4n) is 3.57. The molecule has 2 N–H and O–H groups in total. The van der Waals surface area contributed by atoms with Crippen LogP contribution in [0.1, 0.15) is 44.5 Å². The summed E-state index contributed by atoms with van der Waals surface area (Å²) >= 11 is 1.38. The molecule has 1 aliphatic heterocycles. The fourth-order valence-corrected chi connectivity index (χ4v) is 4.25. The number of carbonyl (C=O) groups is 2. The van der Waals surface area contributed by atoms with E-state index in [9.17, 15) is 9.59 Å². The molecular weight excluding hydrogens is 364 g/mol. The third kappa shape index (κ3) is 4.29. The van der Waals surface area contributed by atoms with Crippen molar-refractivity contribution in [1.29, 1.82) is 0 Å². The molecule has 0 spiro atoms. The third-order valence-corrected chi connectivity index (χ3v) is 5.46. The Labute approximate surface area is 163 Å². The van der Waals surface area contributed by atoms with Gasteiger partial charge in [0.05, 0.1) is 17.9 Å². The minimum Gasteiger partial charge on any atom is -0.337 e. The lowest BCUT2D eigenvalue weighted by atomic mass is 9.93. The van der Waals surface area contributed by atoms with Gasteiger partial charge in [0.15, 0.2) is 5.13 Å². The van der Waals surface area contributed by atoms with Crippen molar-refractivity contribution < 1.29 is 9.59 Å². The maximum absolute atomic E-state index is 12.7. The number of anilines is 1. The van der Waals surface area contributed by atoms with E-state index in [1.165, 1.54) is 11.3 Å². The maximum atomic E-state index is 12.7. The number of amides is 3. The first-order chi connectivity index (χ1) is 12.6. The van der Waals surface area contributed by atoms with Crippen LogP contribution in [0.5, 0.6) is 0 Å². The summed E-state index contributed by atoms with van der Waals surface area (Å²) in [6.07, 6.45) is 4.13. The van der Waals surface area contributed by atoms with Gasteiger partial charge in [-0.1, -0.05) is 0 Å². The fraction of sp³-hybridized carbons (Fsp3) is 0.556. The van der Waals surface area contributed by atoms with E-state index in [1.807, 2.05) is 51.2 Å². The number of hydrogen-bond donors (Lipinski definition) is 2. The molecule has 1 aliphatic rings. The Balaban J connectivity index is 1.72. The van der Waals surface area contributed by atoms with Gasteiger partial charge in [-0.2, -0.15) is 5.10 Å². The highest BCUT2D eigenvalue weighted by molar-refractivity contribution is 7.13. The van der Waals surface area contributed by atoms with Crippen molar-refractivity contribution in [2.75, 3.05) is 11.9 Å². The van der Waals surface area contributed by atoms with Crippen LogP contribution < -0.4 is 10.6 Å². The van der Waals surface area contributed by atoms with Crippen LogP contribution in [0.15, 0.2) is 17.8 Å². The van der Waals surface area contributed by atoms with Crippen molar-refractivity contribution in [2.45, 2.75) is 45.7 Å². The predicted molar refractivity (Wildman–Crippen MR) is 105 cm³/mol. The summed E-state index contributed by atoms with van der Waals surface area (Å²) in [4.78, 5) is 31.1. The van der Waals surface area contributed by atoms with Gasteiger partial charge < -0.3 is 10.2 Å². The lowest BCUT2D eigenvalue weighted by Crippen LogP contribution is -2.45. The Hall–Kier alpha value is -2.42. The number of urea groups is 1. The molecule has 3 rings (SSSR count). The van der Waals surface area contributed by atoms with Crippen LogP contribution in [-0.2, 0) is 11.8 Å². The Morgan fingerprint density at radius 1 is 1.41 bits per heavy atom. The first-order valence-electron chi connectivity index (χ1n) is 8.93. The SMILES string of the molecule is Cc1csc(NC(=O)NC[C@@H]2CC(=O)N(C(C)(C)C)[C@H]2c2cnn(C)c2)n1. The normalized spacial score (nSPS) is 20.2. The van der Waals surface area contributed by atoms with Gasteiger partial charge in [0, 0.05) is 48.6 Å². The van der Waals surface area contributed by atoms with Crippen LogP contribution >= 0.6 is 11.3 Å². The molecule has 0 saturated carbocycles. The van der Waals surface area contributed by atoms with E-state index in [0.717, 1.165) is 11.3 Å². The van der Waals surface area contributed by atoms with E-state index in [1.54, 1.807) is 10.9 Å². The van der Waals surface area contributed by atoms with Crippen LogP contribution in [0, 0.1) is 12.8 Å². The highest BCUT2D eigenvalue weighted by Crippen LogP contribution is 2.41. The number of nitrogens with zero attached hydrogens (tertiary/aromatic N) is 4. The molecule has 0 aliphatic carbocycles. The second-order valence-corrected chi connectivity index (χ2v) is 8.78. The summed E-state index contributed by atoms with van der Waals surface area (Å²) in [6.45, 7) is 8.36. The molecule has 8 nitrogen and oxygen atoms in total. The highest BCUT2D eigenvalue weighted by Gasteiger charge is 2.45. The summed E-state index contributed by atoms with van der Waals surface area (Å²) in [5.41, 5.74) is 1.54. The van der Waals surface area contributed by atoms with Crippen LogP contribution in [-0.4, -0.2) is 43.7 Å². The summed E-state index contributed by atoms with van der Waals surface area (Å²) < 4.78 is 1.74. The summed E-state index contributed by atoms with van der Waals surface area (Å²) in [6, 6.07) is -0.426. The van der Waals surface area contributed by atoms with Crippen molar-refractivity contribution in [2.24, 2.45) is 13.0 Å². The Morgan fingerprint density at radius 3 is 2.70 bits per heavy atom. The molecule has 1 fully saturated rings. The molecule has 0 unspecified atom stereocenters. The average molecular weight is 391 g/mol. The lowest BCUT2D eigenvalue weighted by Gasteiger charge is -2.38. The van der Waals surface area contributed by atoms with E-state index in [4.69, 9.17) is 0 Å². The van der Waals surface area contributed by atoms with Gasteiger partial charge in [-0.05, 0) is 27.7 Å². The molecule has 2 atom stereocenters. The minimum atomic E-state index is -0.312. The third-order valence-electron chi connectivity index (χ3n) is 4.58. The second kappa shape index (κ2) is 7.30. The van der Waals surface area contributed by atoms with Gasteiger partial charge in [0.25, 0.3) is 0 Å². The number of rotatable bonds is 4. The number of aryl methyl sites for hydroxylation is 2. The molecule has 27 heavy (non-hydrogen) atoms. The molecule has 0 aromatic carbocycles. The van der Waals surface area contributed by atoms with Crippen molar-refractivity contribution in [3.63, 3.8) is 0 Å². The molecule has 3 heterocycles. The van der Waals surface area contributed by atoms with E-state index in [2.05, 4.69) is 20.7 Å². The smallest absolute Gasteiger partial charge is 0.321 e. The highest BCUT2D eigenvalue weighted by atomic mass is 32.1. The largest absolute Gasteiger partial charge is 0.337 e. The zero-order valence-electron chi connectivity index (χ0n) is 16.3. The molecule has 2 aromatic heterocycles. The van der Waals surface area contributed by atoms with Gasteiger partial charge in [0.2, 0.25) is 5.91 Å². The van der Waals surface area contributed by atoms with Crippen LogP contribution in [0.2, 0.25) is 0 Å². The quantitative estimate of drug-likeness (QED) is 0.840. The van der Waals surface area contributed by atoms with Gasteiger partial charge in [0.1, 0.15) is 0 Å². The van der Waals surface area contributed by atoms with Crippen molar-refractivity contribution in [3.05, 3.63) is 29.0 Å². The van der Waals surface area contributed by atoms with Crippen molar-refractivity contribution in [3.8, 4) is 0 Å². The minimum absolute atomic E-state index is 0.0234. The van der Waals surface area contributed by atoms with Crippen molar-refractivity contribution >= 4 is 28.4 Å². The lowest BCUT2D eigenvalue weighted by molar-refractivity contribution is -0.133. The van der Waals surface area contributed by atoms with Crippen LogP contribution in [0.4, 0.5) is 9.93 Å². The number of hydrogen-bond acceptors (Lipinski definition) is 5. The zero-order valence-corrected chi connectivity index (χ0v) is 17.1. The predicted octanol–water partition coefficient (Wildman–Crippen LogP) is 2.69. The Morgan fingerprint density at radius 2 is 2.15 bits per heavy atom. The number of thiazole rings is 1. The summed E-state index contributed by atoms with van der Waals surface area (Å²) in [7, 11) is 1.86. The van der Waals surface area contributed by atoms with E-state index in [-0.39, 0.29) is 29.4 Å². The number of likely N-dealkylation sites (tertiary alicyclic amines) is 1. The van der Waals surface area contributed by atoms with E-state index >= 15 is 0 Å². The molecule has 0 bridgehead atoms. The maximum Gasteiger partial charge on any atom is 0.321 e. The standard InChI is InChI=1S/C18H26N6O2S/c1-11-10-27-17(21-11)22-16(26)19-7-12-6-14(25)24(18(2,3)4)15(12)13-8-20-23(5)9-13/h8-10,12,15H,6-7H2,1-5H3,(H2,19,21,22,26)/t12-,15+/m0/s1. The molecular formula is C18H26N6O2S. The van der Waals surface area contributed by atoms with E-state index in [0.29, 0.717) is 18.1 Å².